The van der Waals surface area contributed by atoms with Crippen LogP contribution in [0.2, 0.25) is 0 Å². The third-order valence-electron chi connectivity index (χ3n) is 4.95. The molecule has 0 N–H and O–H groups in total. The van der Waals surface area contributed by atoms with Crippen molar-refractivity contribution in [1.29, 1.82) is 0 Å². The number of amides is 2. The first-order chi connectivity index (χ1) is 13.4. The van der Waals surface area contributed by atoms with E-state index in [0.29, 0.717) is 37.3 Å². The molecule has 3 rings (SSSR count). The maximum absolute atomic E-state index is 13.0. The molecule has 0 spiro atoms. The summed E-state index contributed by atoms with van der Waals surface area (Å²) in [4.78, 5) is 40.4. The summed E-state index contributed by atoms with van der Waals surface area (Å²) in [5.74, 6) is -0.665. The van der Waals surface area contributed by atoms with Gasteiger partial charge in [-0.2, -0.15) is 0 Å². The van der Waals surface area contributed by atoms with Gasteiger partial charge >= 0.3 is 0 Å². The van der Waals surface area contributed by atoms with E-state index in [9.17, 15) is 18.8 Å². The summed E-state index contributed by atoms with van der Waals surface area (Å²) in [6.07, 6.45) is 0.342. The number of halogens is 1. The number of carbonyl (C=O) groups is 3. The summed E-state index contributed by atoms with van der Waals surface area (Å²) in [5.41, 5.74) is 2.14. The zero-order valence-electron chi connectivity index (χ0n) is 15.9. The van der Waals surface area contributed by atoms with Crippen molar-refractivity contribution in [2.24, 2.45) is 0 Å². The average Bonchev–Trinajstić information content (AvgIpc) is 2.72. The number of piperazine rings is 1. The Morgan fingerprint density at radius 1 is 0.786 bits per heavy atom. The van der Waals surface area contributed by atoms with Crippen LogP contribution in [0.1, 0.15) is 39.1 Å². The van der Waals surface area contributed by atoms with Gasteiger partial charge in [0.2, 0.25) is 5.91 Å². The molecule has 1 fully saturated rings. The number of hydrogen-bond donors (Lipinski definition) is 0. The minimum atomic E-state index is -0.382. The molecule has 2 aromatic rings. The summed E-state index contributed by atoms with van der Waals surface area (Å²) in [7, 11) is 0. The van der Waals surface area contributed by atoms with Crippen LogP contribution >= 0.6 is 0 Å². The number of carbonyl (C=O) groups excluding carboxylic acids is 3. The molecule has 1 aliphatic heterocycles. The molecule has 1 heterocycles. The highest BCUT2D eigenvalue weighted by Crippen LogP contribution is 2.13. The van der Waals surface area contributed by atoms with Crippen LogP contribution in [-0.2, 0) is 4.79 Å². The third-order valence-corrected chi connectivity index (χ3v) is 4.95. The van der Waals surface area contributed by atoms with Gasteiger partial charge in [-0.25, -0.2) is 4.39 Å². The molecule has 146 valence electrons. The molecule has 0 saturated carbocycles. The predicted molar refractivity (Wildman–Crippen MR) is 104 cm³/mol. The normalized spacial score (nSPS) is 14.1. The predicted octanol–water partition coefficient (Wildman–Crippen LogP) is 3.08. The molecule has 2 aromatic carbocycles. The summed E-state index contributed by atoms with van der Waals surface area (Å²) in [6.45, 7) is 3.68. The number of ketones is 1. The second kappa shape index (κ2) is 8.78. The molecule has 0 atom stereocenters. The fourth-order valence-electron chi connectivity index (χ4n) is 3.20. The minimum Gasteiger partial charge on any atom is -0.339 e. The third kappa shape index (κ3) is 4.82. The van der Waals surface area contributed by atoms with Gasteiger partial charge in [0, 0.05) is 50.1 Å². The van der Waals surface area contributed by atoms with Crippen molar-refractivity contribution >= 4 is 17.6 Å². The Bertz CT molecular complexity index is 854. The largest absolute Gasteiger partial charge is 0.339 e. The standard InChI is InChI=1S/C22H23FN2O3/c1-16-2-4-17(5-3-16)20(26)10-11-21(27)24-12-14-25(15-13-24)22(28)18-6-8-19(23)9-7-18/h2-9H,10-15H2,1H3. The quantitative estimate of drug-likeness (QED) is 0.747. The highest BCUT2D eigenvalue weighted by Gasteiger charge is 2.25. The first-order valence-corrected chi connectivity index (χ1v) is 9.36. The van der Waals surface area contributed by atoms with Gasteiger partial charge in [0.05, 0.1) is 0 Å². The van der Waals surface area contributed by atoms with E-state index >= 15 is 0 Å². The van der Waals surface area contributed by atoms with Crippen LogP contribution in [0, 0.1) is 12.7 Å². The number of rotatable bonds is 5. The van der Waals surface area contributed by atoms with Gasteiger partial charge in [-0.15, -0.1) is 0 Å². The van der Waals surface area contributed by atoms with Crippen LogP contribution in [0.3, 0.4) is 0 Å². The number of nitrogens with zero attached hydrogens (tertiary/aromatic N) is 2. The lowest BCUT2D eigenvalue weighted by molar-refractivity contribution is -0.132. The monoisotopic (exact) mass is 382 g/mol. The fraction of sp³-hybridized carbons (Fsp3) is 0.318. The Morgan fingerprint density at radius 3 is 1.93 bits per heavy atom. The van der Waals surface area contributed by atoms with Gasteiger partial charge in [-0.1, -0.05) is 29.8 Å². The topological polar surface area (TPSA) is 57.7 Å². The maximum Gasteiger partial charge on any atom is 0.253 e. The van der Waals surface area contributed by atoms with Gasteiger partial charge < -0.3 is 9.80 Å². The summed E-state index contributed by atoms with van der Waals surface area (Å²) in [5, 5.41) is 0. The van der Waals surface area contributed by atoms with Crippen LogP contribution in [0.15, 0.2) is 48.5 Å². The van der Waals surface area contributed by atoms with E-state index in [1.54, 1.807) is 21.9 Å². The highest BCUT2D eigenvalue weighted by atomic mass is 19.1. The number of Topliss-reactive ketones (excluding diaryl/α,β-unsaturated/α-hetero) is 1. The molecule has 0 unspecified atom stereocenters. The lowest BCUT2D eigenvalue weighted by atomic mass is 10.0. The second-order valence-electron chi connectivity index (χ2n) is 6.97. The van der Waals surface area contributed by atoms with Crippen molar-refractivity contribution < 1.29 is 18.8 Å². The zero-order chi connectivity index (χ0) is 20.1. The Kier molecular flexibility index (Phi) is 6.19. The number of benzene rings is 2. The molecule has 0 aromatic heterocycles. The summed E-state index contributed by atoms with van der Waals surface area (Å²) >= 11 is 0. The van der Waals surface area contributed by atoms with Crippen molar-refractivity contribution in [2.45, 2.75) is 19.8 Å². The van der Waals surface area contributed by atoms with E-state index in [0.717, 1.165) is 5.56 Å². The molecule has 28 heavy (non-hydrogen) atoms. The molecule has 5 nitrogen and oxygen atoms in total. The summed E-state index contributed by atoms with van der Waals surface area (Å²) in [6, 6.07) is 12.8. The van der Waals surface area contributed by atoms with Crippen LogP contribution in [0.25, 0.3) is 0 Å². The lowest BCUT2D eigenvalue weighted by Crippen LogP contribution is -2.50. The van der Waals surface area contributed by atoms with E-state index in [-0.39, 0.29) is 36.3 Å². The number of aryl methyl sites for hydroxylation is 1. The van der Waals surface area contributed by atoms with E-state index < -0.39 is 0 Å². The molecule has 6 heteroatoms. The van der Waals surface area contributed by atoms with Crippen LogP contribution in [-0.4, -0.2) is 53.6 Å². The van der Waals surface area contributed by atoms with Gasteiger partial charge in [-0.05, 0) is 31.2 Å². The first-order valence-electron chi connectivity index (χ1n) is 9.36. The van der Waals surface area contributed by atoms with Gasteiger partial charge in [0.25, 0.3) is 5.91 Å². The van der Waals surface area contributed by atoms with Gasteiger partial charge in [0.15, 0.2) is 5.78 Å². The van der Waals surface area contributed by atoms with E-state index in [4.69, 9.17) is 0 Å². The Morgan fingerprint density at radius 2 is 1.32 bits per heavy atom. The highest BCUT2D eigenvalue weighted by molar-refractivity contribution is 5.98. The van der Waals surface area contributed by atoms with Crippen molar-refractivity contribution in [3.8, 4) is 0 Å². The van der Waals surface area contributed by atoms with E-state index in [2.05, 4.69) is 0 Å². The van der Waals surface area contributed by atoms with E-state index in [1.807, 2.05) is 19.1 Å². The summed E-state index contributed by atoms with van der Waals surface area (Å²) < 4.78 is 13.0. The second-order valence-corrected chi connectivity index (χ2v) is 6.97. The van der Waals surface area contributed by atoms with Crippen LogP contribution in [0.4, 0.5) is 4.39 Å². The molecule has 0 aliphatic carbocycles. The average molecular weight is 382 g/mol. The molecular weight excluding hydrogens is 359 g/mol. The molecular formula is C22H23FN2O3. The molecule has 0 bridgehead atoms. The van der Waals surface area contributed by atoms with Crippen molar-refractivity contribution in [2.75, 3.05) is 26.2 Å². The molecule has 1 aliphatic rings. The zero-order valence-corrected chi connectivity index (χ0v) is 15.9. The maximum atomic E-state index is 13.0. The molecule has 1 saturated heterocycles. The lowest BCUT2D eigenvalue weighted by Gasteiger charge is -2.35. The minimum absolute atomic E-state index is 0.0431. The Hall–Kier alpha value is -3.02. The molecule has 2 amide bonds. The molecule has 0 radical (unpaired) electrons. The Balaban J connectivity index is 1.47. The first kappa shape index (κ1) is 19.7. The van der Waals surface area contributed by atoms with Crippen molar-refractivity contribution in [1.82, 2.24) is 9.80 Å². The van der Waals surface area contributed by atoms with Crippen molar-refractivity contribution in [3.05, 3.63) is 71.0 Å². The Labute approximate surface area is 163 Å². The fourth-order valence-corrected chi connectivity index (χ4v) is 3.20. The van der Waals surface area contributed by atoms with E-state index in [1.165, 1.54) is 24.3 Å². The van der Waals surface area contributed by atoms with Crippen molar-refractivity contribution in [3.63, 3.8) is 0 Å². The smallest absolute Gasteiger partial charge is 0.253 e. The number of hydrogen-bond acceptors (Lipinski definition) is 3. The van der Waals surface area contributed by atoms with Crippen LogP contribution < -0.4 is 0 Å². The van der Waals surface area contributed by atoms with Crippen LogP contribution in [0.5, 0.6) is 0 Å². The SMILES string of the molecule is Cc1ccc(C(=O)CCC(=O)N2CCN(C(=O)c3ccc(F)cc3)CC2)cc1. The van der Waals surface area contributed by atoms with Gasteiger partial charge in [0.1, 0.15) is 5.82 Å². The van der Waals surface area contributed by atoms with Gasteiger partial charge in [-0.3, -0.25) is 14.4 Å².